The van der Waals surface area contributed by atoms with E-state index in [0.717, 1.165) is 0 Å². The standard InChI is InChI=1S/C10H13NO4/c1-8(12)15-10-4-3-9(7-11-10)14-6-5-13-2/h3-4,7H,5-6H2,1-2H3. The van der Waals surface area contributed by atoms with Crippen molar-refractivity contribution in [1.82, 2.24) is 4.98 Å². The van der Waals surface area contributed by atoms with Crippen LogP contribution >= 0.6 is 0 Å². The van der Waals surface area contributed by atoms with Crippen molar-refractivity contribution in [3.8, 4) is 11.6 Å². The smallest absolute Gasteiger partial charge is 0.309 e. The van der Waals surface area contributed by atoms with Crippen molar-refractivity contribution in [1.29, 1.82) is 0 Å². The fraction of sp³-hybridized carbons (Fsp3) is 0.400. The Morgan fingerprint density at radius 1 is 1.40 bits per heavy atom. The van der Waals surface area contributed by atoms with Crippen LogP contribution in [0, 0.1) is 0 Å². The molecule has 1 rings (SSSR count). The third-order valence-corrected chi connectivity index (χ3v) is 1.51. The molecule has 0 spiro atoms. The van der Waals surface area contributed by atoms with E-state index in [-0.39, 0.29) is 5.88 Å². The van der Waals surface area contributed by atoms with Crippen LogP contribution in [0.15, 0.2) is 18.3 Å². The van der Waals surface area contributed by atoms with Gasteiger partial charge in [-0.05, 0) is 6.07 Å². The van der Waals surface area contributed by atoms with Crippen LogP contribution in [0.3, 0.4) is 0 Å². The summed E-state index contributed by atoms with van der Waals surface area (Å²) in [5.41, 5.74) is 0. The molecule has 0 bridgehead atoms. The van der Waals surface area contributed by atoms with Crippen molar-refractivity contribution in [2.24, 2.45) is 0 Å². The molecular formula is C10H13NO4. The van der Waals surface area contributed by atoms with Gasteiger partial charge in [0.15, 0.2) is 0 Å². The number of pyridine rings is 1. The van der Waals surface area contributed by atoms with E-state index < -0.39 is 5.97 Å². The van der Waals surface area contributed by atoms with Crippen LogP contribution in [0.1, 0.15) is 6.92 Å². The Bertz CT molecular complexity index is 310. The van der Waals surface area contributed by atoms with Crippen molar-refractivity contribution in [2.45, 2.75) is 6.92 Å². The van der Waals surface area contributed by atoms with Gasteiger partial charge in [-0.2, -0.15) is 0 Å². The summed E-state index contributed by atoms with van der Waals surface area (Å²) in [6.07, 6.45) is 1.49. The number of carbonyl (C=O) groups is 1. The summed E-state index contributed by atoms with van der Waals surface area (Å²) in [5, 5.41) is 0. The molecule has 0 radical (unpaired) electrons. The Labute approximate surface area is 88.0 Å². The molecule has 5 heteroatoms. The SMILES string of the molecule is COCCOc1ccc(OC(C)=O)nc1. The largest absolute Gasteiger partial charge is 0.490 e. The van der Waals surface area contributed by atoms with E-state index >= 15 is 0 Å². The van der Waals surface area contributed by atoms with Crippen molar-refractivity contribution >= 4 is 5.97 Å². The predicted octanol–water partition coefficient (Wildman–Crippen LogP) is 1.03. The molecule has 0 amide bonds. The highest BCUT2D eigenvalue weighted by Crippen LogP contribution is 2.13. The molecule has 1 aromatic heterocycles. The molecule has 0 saturated heterocycles. The fourth-order valence-corrected chi connectivity index (χ4v) is 0.903. The zero-order valence-corrected chi connectivity index (χ0v) is 8.73. The van der Waals surface area contributed by atoms with Gasteiger partial charge in [0.1, 0.15) is 12.4 Å². The number of nitrogens with zero attached hydrogens (tertiary/aromatic N) is 1. The van der Waals surface area contributed by atoms with Crippen molar-refractivity contribution in [3.63, 3.8) is 0 Å². The van der Waals surface area contributed by atoms with Gasteiger partial charge in [-0.25, -0.2) is 4.98 Å². The van der Waals surface area contributed by atoms with Crippen LogP contribution in [0.4, 0.5) is 0 Å². The molecule has 0 N–H and O–H groups in total. The number of carbonyl (C=O) groups excluding carboxylic acids is 1. The van der Waals surface area contributed by atoms with Crippen LogP contribution in [-0.4, -0.2) is 31.3 Å². The summed E-state index contributed by atoms with van der Waals surface area (Å²) < 4.78 is 14.9. The van der Waals surface area contributed by atoms with Gasteiger partial charge in [0.05, 0.1) is 12.8 Å². The summed E-state index contributed by atoms with van der Waals surface area (Å²) in [6.45, 7) is 2.31. The molecule has 15 heavy (non-hydrogen) atoms. The second kappa shape index (κ2) is 5.98. The summed E-state index contributed by atoms with van der Waals surface area (Å²) in [6, 6.07) is 3.25. The lowest BCUT2D eigenvalue weighted by Gasteiger charge is -2.05. The number of aromatic nitrogens is 1. The molecule has 0 unspecified atom stereocenters. The van der Waals surface area contributed by atoms with Crippen LogP contribution in [0.2, 0.25) is 0 Å². The number of esters is 1. The van der Waals surface area contributed by atoms with E-state index in [1.54, 1.807) is 19.2 Å². The van der Waals surface area contributed by atoms with Crippen LogP contribution in [0.5, 0.6) is 11.6 Å². The Balaban J connectivity index is 2.45. The third-order valence-electron chi connectivity index (χ3n) is 1.51. The summed E-state index contributed by atoms with van der Waals surface area (Å²) in [4.78, 5) is 14.5. The molecule has 0 aliphatic carbocycles. The summed E-state index contributed by atoms with van der Waals surface area (Å²) in [7, 11) is 1.60. The minimum absolute atomic E-state index is 0.265. The maximum atomic E-state index is 10.6. The average Bonchev–Trinajstić information content (AvgIpc) is 2.20. The van der Waals surface area contributed by atoms with Crippen molar-refractivity contribution in [2.75, 3.05) is 20.3 Å². The van der Waals surface area contributed by atoms with Gasteiger partial charge in [-0.3, -0.25) is 4.79 Å². The highest BCUT2D eigenvalue weighted by Gasteiger charge is 2.00. The summed E-state index contributed by atoms with van der Waals surface area (Å²) >= 11 is 0. The second-order valence-electron chi connectivity index (χ2n) is 2.77. The molecule has 0 fully saturated rings. The quantitative estimate of drug-likeness (QED) is 0.538. The van der Waals surface area contributed by atoms with Gasteiger partial charge in [0.2, 0.25) is 5.88 Å². The minimum atomic E-state index is -0.393. The first-order valence-electron chi connectivity index (χ1n) is 4.48. The van der Waals surface area contributed by atoms with E-state index in [0.29, 0.717) is 19.0 Å². The second-order valence-corrected chi connectivity index (χ2v) is 2.77. The first-order valence-corrected chi connectivity index (χ1v) is 4.48. The Kier molecular flexibility index (Phi) is 4.56. The molecule has 82 valence electrons. The maximum absolute atomic E-state index is 10.6. The van der Waals surface area contributed by atoms with Gasteiger partial charge in [0.25, 0.3) is 0 Å². The summed E-state index contributed by atoms with van der Waals surface area (Å²) in [5.74, 6) is 0.486. The van der Waals surface area contributed by atoms with E-state index in [1.807, 2.05) is 0 Å². The molecule has 1 heterocycles. The Morgan fingerprint density at radius 3 is 2.73 bits per heavy atom. The third kappa shape index (κ3) is 4.42. The minimum Gasteiger partial charge on any atom is -0.490 e. The molecule has 0 aliphatic heterocycles. The Morgan fingerprint density at radius 2 is 2.20 bits per heavy atom. The lowest BCUT2D eigenvalue weighted by molar-refractivity contribution is -0.132. The van der Waals surface area contributed by atoms with Crippen molar-refractivity contribution in [3.05, 3.63) is 18.3 Å². The van der Waals surface area contributed by atoms with E-state index in [9.17, 15) is 4.79 Å². The van der Waals surface area contributed by atoms with Gasteiger partial charge in [-0.1, -0.05) is 0 Å². The highest BCUT2D eigenvalue weighted by atomic mass is 16.5. The average molecular weight is 211 g/mol. The molecule has 0 aromatic carbocycles. The zero-order valence-electron chi connectivity index (χ0n) is 8.73. The molecule has 0 atom stereocenters. The molecule has 5 nitrogen and oxygen atoms in total. The first-order chi connectivity index (χ1) is 7.22. The predicted molar refractivity (Wildman–Crippen MR) is 52.9 cm³/mol. The number of methoxy groups -OCH3 is 1. The number of rotatable bonds is 5. The highest BCUT2D eigenvalue weighted by molar-refractivity contribution is 5.68. The lowest BCUT2D eigenvalue weighted by atomic mass is 10.4. The van der Waals surface area contributed by atoms with E-state index in [1.165, 1.54) is 13.1 Å². The van der Waals surface area contributed by atoms with Crippen molar-refractivity contribution < 1.29 is 19.0 Å². The lowest BCUT2D eigenvalue weighted by Crippen LogP contribution is -2.05. The van der Waals surface area contributed by atoms with Crippen LogP contribution in [0.25, 0.3) is 0 Å². The Hall–Kier alpha value is -1.62. The molecule has 1 aromatic rings. The maximum Gasteiger partial charge on any atom is 0.309 e. The normalized spacial score (nSPS) is 9.73. The van der Waals surface area contributed by atoms with Gasteiger partial charge >= 0.3 is 5.97 Å². The zero-order chi connectivity index (χ0) is 11.1. The first kappa shape index (κ1) is 11.5. The monoisotopic (exact) mass is 211 g/mol. The van der Waals surface area contributed by atoms with Gasteiger partial charge in [0, 0.05) is 20.1 Å². The van der Waals surface area contributed by atoms with Gasteiger partial charge in [-0.15, -0.1) is 0 Å². The number of hydrogen-bond donors (Lipinski definition) is 0. The number of hydrogen-bond acceptors (Lipinski definition) is 5. The number of ether oxygens (including phenoxy) is 3. The fourth-order valence-electron chi connectivity index (χ4n) is 0.903. The van der Waals surface area contributed by atoms with E-state index in [4.69, 9.17) is 14.2 Å². The van der Waals surface area contributed by atoms with Gasteiger partial charge < -0.3 is 14.2 Å². The molecular weight excluding hydrogens is 198 g/mol. The van der Waals surface area contributed by atoms with Crippen LogP contribution < -0.4 is 9.47 Å². The molecule has 0 aliphatic rings. The molecule has 0 saturated carbocycles. The van der Waals surface area contributed by atoms with Crippen LogP contribution in [-0.2, 0) is 9.53 Å². The van der Waals surface area contributed by atoms with E-state index in [2.05, 4.69) is 4.98 Å². The topological polar surface area (TPSA) is 57.7 Å².